The van der Waals surface area contributed by atoms with E-state index in [0.717, 1.165) is 10.3 Å². The number of aryl methyl sites for hydroxylation is 1. The Labute approximate surface area is 128 Å². The van der Waals surface area contributed by atoms with Crippen molar-refractivity contribution in [2.45, 2.75) is 62.3 Å². The number of rotatable bonds is 0. The van der Waals surface area contributed by atoms with Crippen LogP contribution in [-0.2, 0) is 4.79 Å². The van der Waals surface area contributed by atoms with Gasteiger partial charge in [0.05, 0.1) is 0 Å². The molecule has 1 heterocycles. The number of nitrogens with zero attached hydrogens (tertiary/aromatic N) is 1. The predicted molar refractivity (Wildman–Crippen MR) is 89.5 cm³/mol. The molecule has 1 rings (SSSR count). The number of Topliss-reactive ketones (excluding diaryl/α,β-unsaturated/α-hetero) is 1. The van der Waals surface area contributed by atoms with Crippen LogP contribution in [0.4, 0.5) is 0 Å². The Kier molecular flexibility index (Phi) is 16.9. The zero-order chi connectivity index (χ0) is 16.1. The van der Waals surface area contributed by atoms with Crippen molar-refractivity contribution in [3.8, 4) is 0 Å². The molecule has 0 unspecified atom stereocenters. The number of ketones is 1. The Morgan fingerprint density at radius 3 is 1.63 bits per heavy atom. The maximum Gasteiger partial charge on any atom is 0.135 e. The molecule has 112 valence electrons. The monoisotopic (exact) mass is 331 g/mol. The van der Waals surface area contributed by atoms with Crippen LogP contribution >= 0.6 is 15.9 Å². The molecular formula is C16H30BrNO. The van der Waals surface area contributed by atoms with Gasteiger partial charge in [-0.1, -0.05) is 54.5 Å². The second-order valence-corrected chi connectivity index (χ2v) is 5.22. The number of halogens is 1. The topological polar surface area (TPSA) is 30.0 Å². The van der Waals surface area contributed by atoms with Gasteiger partial charge in [-0.3, -0.25) is 4.79 Å². The minimum atomic E-state index is -0.139. The minimum absolute atomic E-state index is 0.139. The van der Waals surface area contributed by atoms with Crippen molar-refractivity contribution in [3.63, 3.8) is 0 Å². The minimum Gasteiger partial charge on any atom is -0.299 e. The molecule has 0 radical (unpaired) electrons. The summed E-state index contributed by atoms with van der Waals surface area (Å²) in [5.74, 6) is 0.243. The normalized spacial score (nSPS) is 8.74. The van der Waals surface area contributed by atoms with Gasteiger partial charge in [-0.05, 0) is 41.9 Å². The first-order valence-electron chi connectivity index (χ1n) is 6.83. The van der Waals surface area contributed by atoms with Crippen molar-refractivity contribution in [3.05, 3.63) is 28.5 Å². The highest BCUT2D eigenvalue weighted by molar-refractivity contribution is 9.10. The van der Waals surface area contributed by atoms with Gasteiger partial charge in [-0.15, -0.1) is 0 Å². The van der Waals surface area contributed by atoms with E-state index in [9.17, 15) is 4.79 Å². The summed E-state index contributed by atoms with van der Waals surface area (Å²) in [6, 6.07) is 5.84. The van der Waals surface area contributed by atoms with Gasteiger partial charge in [0.1, 0.15) is 10.4 Å². The zero-order valence-corrected chi connectivity index (χ0v) is 15.6. The maximum atomic E-state index is 10.5. The molecule has 0 bridgehead atoms. The number of carbonyl (C=O) groups excluding carboxylic acids is 1. The molecular weight excluding hydrogens is 302 g/mol. The van der Waals surface area contributed by atoms with Crippen molar-refractivity contribution in [2.24, 2.45) is 5.41 Å². The lowest BCUT2D eigenvalue weighted by Gasteiger charge is -2.11. The summed E-state index contributed by atoms with van der Waals surface area (Å²) < 4.78 is 0.900. The molecule has 1 aromatic heterocycles. The highest BCUT2D eigenvalue weighted by atomic mass is 79.9. The first-order valence-corrected chi connectivity index (χ1v) is 7.63. The number of pyridine rings is 1. The fourth-order valence-corrected chi connectivity index (χ4v) is 0.942. The van der Waals surface area contributed by atoms with Crippen molar-refractivity contribution < 1.29 is 4.79 Å². The highest BCUT2D eigenvalue weighted by Gasteiger charge is 2.14. The summed E-state index contributed by atoms with van der Waals surface area (Å²) in [7, 11) is 0. The van der Waals surface area contributed by atoms with Crippen molar-refractivity contribution in [1.82, 2.24) is 4.98 Å². The summed E-state index contributed by atoms with van der Waals surface area (Å²) in [5.41, 5.74) is 0.902. The SMILES string of the molecule is CC.CC.CC(=O)C(C)(C)C.Cc1cccc(Br)n1. The molecule has 0 amide bonds. The van der Waals surface area contributed by atoms with Crippen LogP contribution in [0.15, 0.2) is 22.8 Å². The van der Waals surface area contributed by atoms with E-state index in [1.54, 1.807) is 6.92 Å². The van der Waals surface area contributed by atoms with E-state index in [0.29, 0.717) is 0 Å². The maximum absolute atomic E-state index is 10.5. The lowest BCUT2D eigenvalue weighted by atomic mass is 9.92. The van der Waals surface area contributed by atoms with Crippen LogP contribution in [0.2, 0.25) is 0 Å². The molecule has 0 spiro atoms. The molecule has 0 N–H and O–H groups in total. The lowest BCUT2D eigenvalue weighted by molar-refractivity contribution is -0.124. The second-order valence-electron chi connectivity index (χ2n) is 4.41. The molecule has 1 aromatic rings. The average Bonchev–Trinajstić information content (AvgIpc) is 2.33. The molecule has 0 aromatic carbocycles. The third-order valence-corrected chi connectivity index (χ3v) is 2.35. The molecule has 0 aliphatic carbocycles. The fourth-order valence-electron chi connectivity index (χ4n) is 0.510. The fraction of sp³-hybridized carbons (Fsp3) is 0.625. The molecule has 0 saturated heterocycles. The van der Waals surface area contributed by atoms with E-state index in [1.807, 2.05) is 73.6 Å². The van der Waals surface area contributed by atoms with Crippen LogP contribution in [-0.4, -0.2) is 10.8 Å². The highest BCUT2D eigenvalue weighted by Crippen LogP contribution is 2.12. The van der Waals surface area contributed by atoms with Gasteiger partial charge in [-0.2, -0.15) is 0 Å². The van der Waals surface area contributed by atoms with E-state index < -0.39 is 0 Å². The summed E-state index contributed by atoms with van der Waals surface area (Å²) in [5, 5.41) is 0. The number of aromatic nitrogens is 1. The summed E-state index contributed by atoms with van der Waals surface area (Å²) >= 11 is 3.25. The van der Waals surface area contributed by atoms with E-state index in [-0.39, 0.29) is 11.2 Å². The van der Waals surface area contributed by atoms with Crippen LogP contribution < -0.4 is 0 Å². The summed E-state index contributed by atoms with van der Waals surface area (Å²) in [6.45, 7) is 17.3. The second kappa shape index (κ2) is 13.7. The Hall–Kier alpha value is -0.700. The Bertz CT molecular complexity index is 313. The van der Waals surface area contributed by atoms with Gasteiger partial charge in [0.15, 0.2) is 0 Å². The first-order chi connectivity index (χ1) is 8.73. The zero-order valence-electron chi connectivity index (χ0n) is 14.0. The van der Waals surface area contributed by atoms with Crippen LogP contribution in [0.25, 0.3) is 0 Å². The molecule has 0 saturated carbocycles. The third-order valence-electron chi connectivity index (χ3n) is 1.91. The van der Waals surface area contributed by atoms with Crippen LogP contribution in [0, 0.1) is 12.3 Å². The number of hydrogen-bond acceptors (Lipinski definition) is 2. The molecule has 3 heteroatoms. The average molecular weight is 332 g/mol. The molecule has 19 heavy (non-hydrogen) atoms. The van der Waals surface area contributed by atoms with Gasteiger partial charge in [-0.25, -0.2) is 4.98 Å². The van der Waals surface area contributed by atoms with E-state index in [4.69, 9.17) is 0 Å². The summed E-state index contributed by atoms with van der Waals surface area (Å²) in [6.07, 6.45) is 0. The lowest BCUT2D eigenvalue weighted by Crippen LogP contribution is -2.15. The molecule has 2 nitrogen and oxygen atoms in total. The van der Waals surface area contributed by atoms with Crippen LogP contribution in [0.5, 0.6) is 0 Å². The summed E-state index contributed by atoms with van der Waals surface area (Å²) in [4.78, 5) is 14.6. The largest absolute Gasteiger partial charge is 0.299 e. The smallest absolute Gasteiger partial charge is 0.135 e. The van der Waals surface area contributed by atoms with Crippen LogP contribution in [0.1, 0.15) is 61.1 Å². The molecule has 0 aliphatic rings. The van der Waals surface area contributed by atoms with E-state index in [2.05, 4.69) is 20.9 Å². The number of carbonyl (C=O) groups is 1. The van der Waals surface area contributed by atoms with Gasteiger partial charge in [0.25, 0.3) is 0 Å². The van der Waals surface area contributed by atoms with Crippen LogP contribution in [0.3, 0.4) is 0 Å². The Morgan fingerprint density at radius 2 is 1.47 bits per heavy atom. The standard InChI is InChI=1S/C6H6BrN.C6H12O.2C2H6/c1-5-3-2-4-6(7)8-5;1-5(7)6(2,3)4;2*1-2/h2-4H,1H3;1-4H3;2*1-2H3. The Morgan fingerprint density at radius 1 is 1.11 bits per heavy atom. The molecule has 0 atom stereocenters. The van der Waals surface area contributed by atoms with Gasteiger partial charge >= 0.3 is 0 Å². The van der Waals surface area contributed by atoms with E-state index >= 15 is 0 Å². The van der Waals surface area contributed by atoms with Crippen molar-refractivity contribution in [2.75, 3.05) is 0 Å². The third kappa shape index (κ3) is 17.3. The Balaban J connectivity index is -0.000000215. The quantitative estimate of drug-likeness (QED) is 0.560. The van der Waals surface area contributed by atoms with Gasteiger partial charge in [0, 0.05) is 11.1 Å². The predicted octanol–water partition coefficient (Wildman–Crippen LogP) is 5.83. The van der Waals surface area contributed by atoms with Gasteiger partial charge < -0.3 is 0 Å². The van der Waals surface area contributed by atoms with Gasteiger partial charge in [0.2, 0.25) is 0 Å². The number of hydrogen-bond donors (Lipinski definition) is 0. The van der Waals surface area contributed by atoms with E-state index in [1.165, 1.54) is 0 Å². The molecule has 0 aliphatic heterocycles. The van der Waals surface area contributed by atoms with Crippen molar-refractivity contribution in [1.29, 1.82) is 0 Å². The molecule has 0 fully saturated rings. The first kappa shape index (κ1) is 23.4. The van der Waals surface area contributed by atoms with Crippen molar-refractivity contribution >= 4 is 21.7 Å².